The number of carbonyl (C=O) groups is 2. The van der Waals surface area contributed by atoms with Gasteiger partial charge in [0.15, 0.2) is 12.4 Å². The van der Waals surface area contributed by atoms with E-state index in [1.165, 1.54) is 0 Å². The van der Waals surface area contributed by atoms with Gasteiger partial charge in [-0.05, 0) is 24.3 Å². The molecule has 1 heterocycles. The Bertz CT molecular complexity index is 757. The zero-order chi connectivity index (χ0) is 18.5. The molecule has 142 valence electrons. The van der Waals surface area contributed by atoms with Crippen LogP contribution < -0.4 is 0 Å². The second-order valence-electron chi connectivity index (χ2n) is 5.76. The van der Waals surface area contributed by atoms with Gasteiger partial charge in [-0.15, -0.1) is 0 Å². The monoisotopic (exact) mass is 812 g/mol. The van der Waals surface area contributed by atoms with Gasteiger partial charge in [0.1, 0.15) is 18.8 Å². The van der Waals surface area contributed by atoms with Gasteiger partial charge in [0.2, 0.25) is 0 Å². The van der Waals surface area contributed by atoms with Gasteiger partial charge in [-0.3, -0.25) is 0 Å². The summed E-state index contributed by atoms with van der Waals surface area (Å²) in [6.45, 7) is -0.283. The Morgan fingerprint density at radius 1 is 0.857 bits per heavy atom. The number of aliphatic hydroxyl groups excluding tert-OH is 2. The van der Waals surface area contributed by atoms with Gasteiger partial charge in [-0.1, -0.05) is 36.4 Å². The fourth-order valence-electron chi connectivity index (χ4n) is 2.58. The summed E-state index contributed by atoms with van der Waals surface area (Å²) in [5, 5.41) is 19.7. The standard InChI is InChI=1S/C19H18O7.2Ac/c20-15-16(26-18(22)13-9-5-2-6-10-13)14(25-19(15)23)11-24-17(21)12-7-3-1-4-8-12;;/h1-10,14-16,19-20,23H,11H2;;/t14-,15?,16?,19?;;/m0../s1. The Labute approximate surface area is 233 Å². The Balaban J connectivity index is 0.00000196. The molecular weight excluding hydrogens is 794 g/mol. The van der Waals surface area contributed by atoms with E-state index >= 15 is 0 Å². The molecule has 0 spiro atoms. The van der Waals surface area contributed by atoms with E-state index in [4.69, 9.17) is 14.2 Å². The predicted molar refractivity (Wildman–Crippen MR) is 89.3 cm³/mol. The van der Waals surface area contributed by atoms with Crippen LogP contribution in [0.2, 0.25) is 0 Å². The summed E-state index contributed by atoms with van der Waals surface area (Å²) >= 11 is 0. The largest absolute Gasteiger partial charge is 0.459 e. The van der Waals surface area contributed by atoms with Crippen LogP contribution in [0.4, 0.5) is 0 Å². The number of ether oxygens (including phenoxy) is 3. The molecule has 1 aliphatic rings. The van der Waals surface area contributed by atoms with Crippen LogP contribution in [0.1, 0.15) is 20.7 Å². The molecule has 3 unspecified atom stereocenters. The van der Waals surface area contributed by atoms with Crippen LogP contribution in [0.15, 0.2) is 60.7 Å². The van der Waals surface area contributed by atoms with E-state index in [1.54, 1.807) is 60.7 Å². The predicted octanol–water partition coefficient (Wildman–Crippen LogP) is 1.15. The molecule has 4 atom stereocenters. The minimum Gasteiger partial charge on any atom is -0.459 e. The maximum absolute atomic E-state index is 12.2. The third kappa shape index (κ3) is 6.84. The smallest absolute Gasteiger partial charge is 0.338 e. The molecular formula is C19H18Ac2O7. The molecule has 1 aliphatic heterocycles. The number of benzene rings is 2. The summed E-state index contributed by atoms with van der Waals surface area (Å²) in [4.78, 5) is 24.2. The normalized spacial score (nSPS) is 23.1. The number of esters is 2. The van der Waals surface area contributed by atoms with Crippen molar-refractivity contribution in [3.05, 3.63) is 71.8 Å². The van der Waals surface area contributed by atoms with Gasteiger partial charge < -0.3 is 24.4 Å². The summed E-state index contributed by atoms with van der Waals surface area (Å²) in [5.74, 6) is -1.26. The van der Waals surface area contributed by atoms with Gasteiger partial charge in [0.25, 0.3) is 0 Å². The topological polar surface area (TPSA) is 102 Å². The second kappa shape index (κ2) is 12.8. The van der Waals surface area contributed by atoms with Gasteiger partial charge in [-0.2, -0.15) is 0 Å². The summed E-state index contributed by atoms with van der Waals surface area (Å²) in [5.41, 5.74) is 0.644. The summed E-state index contributed by atoms with van der Waals surface area (Å²) in [6.07, 6.45) is -5.13. The van der Waals surface area contributed by atoms with Crippen molar-refractivity contribution in [2.45, 2.75) is 24.6 Å². The van der Waals surface area contributed by atoms with E-state index < -0.39 is 36.5 Å². The Hall–Kier alpha value is 0.143. The zero-order valence-corrected chi connectivity index (χ0v) is 24.4. The van der Waals surface area contributed by atoms with Crippen molar-refractivity contribution < 1.29 is 122 Å². The minimum atomic E-state index is -1.54. The second-order valence-corrected chi connectivity index (χ2v) is 5.76. The Morgan fingerprint density at radius 3 is 1.89 bits per heavy atom. The van der Waals surface area contributed by atoms with Crippen molar-refractivity contribution in [1.29, 1.82) is 0 Å². The molecule has 3 rings (SSSR count). The maximum atomic E-state index is 12.2. The average molecular weight is 812 g/mol. The Kier molecular flexibility index (Phi) is 11.9. The van der Waals surface area contributed by atoms with Crippen molar-refractivity contribution in [2.24, 2.45) is 0 Å². The molecule has 0 bridgehead atoms. The first-order valence-electron chi connectivity index (χ1n) is 8.06. The molecule has 2 aromatic rings. The van der Waals surface area contributed by atoms with E-state index in [0.29, 0.717) is 11.1 Å². The first-order valence-corrected chi connectivity index (χ1v) is 8.06. The molecule has 7 nitrogen and oxygen atoms in total. The average Bonchev–Trinajstić information content (AvgIpc) is 2.95. The van der Waals surface area contributed by atoms with Crippen molar-refractivity contribution in [2.75, 3.05) is 6.61 Å². The number of rotatable bonds is 5. The number of aliphatic hydroxyl groups is 2. The molecule has 1 saturated heterocycles. The minimum absolute atomic E-state index is 0. The van der Waals surface area contributed by atoms with Crippen LogP contribution in [0.25, 0.3) is 0 Å². The van der Waals surface area contributed by atoms with E-state index in [0.717, 1.165) is 0 Å². The van der Waals surface area contributed by atoms with Crippen LogP contribution in [0.5, 0.6) is 0 Å². The molecule has 1 fully saturated rings. The van der Waals surface area contributed by atoms with Crippen molar-refractivity contribution in [3.8, 4) is 0 Å². The first kappa shape index (κ1) is 26.2. The molecule has 9 heteroatoms. The molecule has 2 aromatic carbocycles. The fourth-order valence-corrected chi connectivity index (χ4v) is 2.58. The van der Waals surface area contributed by atoms with Crippen molar-refractivity contribution in [1.82, 2.24) is 0 Å². The SMILES string of the molecule is O=C(OC[C@@H]1OC(O)C(O)C1OC(=O)c1ccccc1)c1ccccc1.[Ac].[Ac]. The number of carbonyl (C=O) groups excluding carboxylic acids is 2. The van der Waals surface area contributed by atoms with Crippen LogP contribution in [-0.2, 0) is 14.2 Å². The van der Waals surface area contributed by atoms with Crippen LogP contribution >= 0.6 is 0 Å². The van der Waals surface area contributed by atoms with Gasteiger partial charge in [-0.25, -0.2) is 9.59 Å². The van der Waals surface area contributed by atoms with Gasteiger partial charge in [0.05, 0.1) is 11.1 Å². The summed E-state index contributed by atoms with van der Waals surface area (Å²) in [7, 11) is 0. The Morgan fingerprint density at radius 2 is 1.36 bits per heavy atom. The van der Waals surface area contributed by atoms with Crippen molar-refractivity contribution >= 4 is 11.9 Å². The van der Waals surface area contributed by atoms with Gasteiger partial charge in [0, 0.05) is 88.1 Å². The third-order valence-electron chi connectivity index (χ3n) is 3.95. The van der Waals surface area contributed by atoms with Crippen LogP contribution in [0, 0.1) is 88.1 Å². The number of hydrogen-bond donors (Lipinski definition) is 2. The molecule has 2 radical (unpaired) electrons. The van der Waals surface area contributed by atoms with E-state index in [-0.39, 0.29) is 94.7 Å². The quantitative estimate of drug-likeness (QED) is 0.438. The van der Waals surface area contributed by atoms with Crippen LogP contribution in [-0.4, -0.2) is 53.4 Å². The molecule has 0 saturated carbocycles. The maximum Gasteiger partial charge on any atom is 0.338 e. The first-order chi connectivity index (χ1) is 12.6. The summed E-state index contributed by atoms with van der Waals surface area (Å²) in [6, 6.07) is 16.6. The van der Waals surface area contributed by atoms with E-state index in [2.05, 4.69) is 0 Å². The van der Waals surface area contributed by atoms with Gasteiger partial charge >= 0.3 is 11.9 Å². The molecule has 0 aromatic heterocycles. The molecule has 0 amide bonds. The van der Waals surface area contributed by atoms with Crippen molar-refractivity contribution in [3.63, 3.8) is 0 Å². The van der Waals surface area contributed by atoms with E-state index in [9.17, 15) is 19.8 Å². The fraction of sp³-hybridized carbons (Fsp3) is 0.263. The zero-order valence-electron chi connectivity index (χ0n) is 14.9. The van der Waals surface area contributed by atoms with E-state index in [1.807, 2.05) is 0 Å². The molecule has 28 heavy (non-hydrogen) atoms. The molecule has 2 N–H and O–H groups in total. The van der Waals surface area contributed by atoms with Crippen LogP contribution in [0.3, 0.4) is 0 Å². The molecule has 0 aliphatic carbocycles. The summed E-state index contributed by atoms with van der Waals surface area (Å²) < 4.78 is 15.6. The third-order valence-corrected chi connectivity index (χ3v) is 3.95. The number of hydrogen-bond acceptors (Lipinski definition) is 7.